The number of amides is 2. The summed E-state index contributed by atoms with van der Waals surface area (Å²) in [6.07, 6.45) is 4.50. The second-order valence-corrected chi connectivity index (χ2v) is 5.22. The first-order valence-electron chi connectivity index (χ1n) is 6.82. The fourth-order valence-corrected chi connectivity index (χ4v) is 2.64. The van der Waals surface area contributed by atoms with Crippen molar-refractivity contribution >= 4 is 11.8 Å². The Labute approximate surface area is 108 Å². The van der Waals surface area contributed by atoms with Crippen molar-refractivity contribution in [3.8, 4) is 0 Å². The zero-order valence-corrected chi connectivity index (χ0v) is 11.1. The van der Waals surface area contributed by atoms with Crippen LogP contribution in [0.15, 0.2) is 0 Å². The van der Waals surface area contributed by atoms with Crippen molar-refractivity contribution in [2.24, 2.45) is 0 Å². The minimum Gasteiger partial charge on any atom is -0.378 e. The Hall–Kier alpha value is -1.10. The molecule has 5 heteroatoms. The van der Waals surface area contributed by atoms with Crippen LogP contribution in [0.2, 0.25) is 0 Å². The third-order valence-electron chi connectivity index (χ3n) is 3.81. The summed E-state index contributed by atoms with van der Waals surface area (Å²) >= 11 is 0. The second kappa shape index (κ2) is 5.69. The molecule has 2 saturated heterocycles. The van der Waals surface area contributed by atoms with E-state index in [1.165, 1.54) is 0 Å². The Morgan fingerprint density at radius 2 is 2.17 bits per heavy atom. The molecule has 0 radical (unpaired) electrons. The van der Waals surface area contributed by atoms with Crippen molar-refractivity contribution in [3.05, 3.63) is 0 Å². The van der Waals surface area contributed by atoms with Gasteiger partial charge in [-0.1, -0.05) is 0 Å². The molecule has 2 heterocycles. The van der Waals surface area contributed by atoms with Gasteiger partial charge in [-0.2, -0.15) is 0 Å². The van der Waals surface area contributed by atoms with E-state index in [0.717, 1.165) is 32.3 Å². The molecule has 3 unspecified atom stereocenters. The van der Waals surface area contributed by atoms with Gasteiger partial charge in [-0.05, 0) is 39.5 Å². The number of carbonyl (C=O) groups is 2. The molecule has 3 atom stereocenters. The van der Waals surface area contributed by atoms with E-state index in [2.05, 4.69) is 5.32 Å². The molecule has 2 aliphatic rings. The molecule has 0 saturated carbocycles. The summed E-state index contributed by atoms with van der Waals surface area (Å²) in [5, 5.41) is 2.69. The van der Waals surface area contributed by atoms with Gasteiger partial charge < -0.3 is 15.0 Å². The van der Waals surface area contributed by atoms with Crippen LogP contribution >= 0.6 is 0 Å². The third-order valence-corrected chi connectivity index (χ3v) is 3.81. The number of hydrogen-bond acceptors (Lipinski definition) is 3. The highest BCUT2D eigenvalue weighted by Crippen LogP contribution is 2.18. The molecule has 0 bridgehead atoms. The first kappa shape index (κ1) is 13.3. The molecule has 2 amide bonds. The van der Waals surface area contributed by atoms with Gasteiger partial charge in [0.1, 0.15) is 12.1 Å². The maximum absolute atomic E-state index is 12.0. The van der Waals surface area contributed by atoms with E-state index in [-0.39, 0.29) is 17.9 Å². The minimum absolute atomic E-state index is 0.0226. The predicted octanol–water partition coefficient (Wildman–Crippen LogP) is 0.681. The first-order valence-corrected chi connectivity index (χ1v) is 6.82. The molecule has 0 spiro atoms. The highest BCUT2D eigenvalue weighted by Gasteiger charge is 2.35. The van der Waals surface area contributed by atoms with Crippen molar-refractivity contribution in [3.63, 3.8) is 0 Å². The average Bonchev–Trinajstić information content (AvgIpc) is 2.84. The molecule has 0 aliphatic carbocycles. The number of piperazine rings is 1. The lowest BCUT2D eigenvalue weighted by Crippen LogP contribution is -2.61. The van der Waals surface area contributed by atoms with Crippen molar-refractivity contribution < 1.29 is 14.3 Å². The smallest absolute Gasteiger partial charge is 0.245 e. The maximum atomic E-state index is 12.0. The van der Waals surface area contributed by atoms with Crippen LogP contribution in [-0.4, -0.2) is 48.1 Å². The summed E-state index contributed by atoms with van der Waals surface area (Å²) < 4.78 is 5.56. The molecule has 102 valence electrons. The monoisotopic (exact) mass is 254 g/mol. The van der Waals surface area contributed by atoms with Crippen LogP contribution in [0.25, 0.3) is 0 Å². The predicted molar refractivity (Wildman–Crippen MR) is 67.0 cm³/mol. The van der Waals surface area contributed by atoms with Crippen LogP contribution in [0, 0.1) is 0 Å². The lowest BCUT2D eigenvalue weighted by molar-refractivity contribution is -0.148. The molecule has 1 N–H and O–H groups in total. The summed E-state index contributed by atoms with van der Waals surface area (Å²) in [5.74, 6) is -0.0337. The van der Waals surface area contributed by atoms with Crippen LogP contribution in [0.1, 0.15) is 39.5 Å². The lowest BCUT2D eigenvalue weighted by Gasteiger charge is -2.36. The number of nitrogens with zero attached hydrogens (tertiary/aromatic N) is 1. The molecule has 18 heavy (non-hydrogen) atoms. The molecule has 5 nitrogen and oxygen atoms in total. The number of hydrogen-bond donors (Lipinski definition) is 1. The summed E-state index contributed by atoms with van der Waals surface area (Å²) in [4.78, 5) is 25.3. The molecule has 2 fully saturated rings. The van der Waals surface area contributed by atoms with Gasteiger partial charge in [-0.25, -0.2) is 0 Å². The van der Waals surface area contributed by atoms with Crippen LogP contribution in [0.3, 0.4) is 0 Å². The Bertz CT molecular complexity index is 326. The normalized spacial score (nSPS) is 32.8. The molecule has 0 aromatic heterocycles. The molecule has 0 aromatic rings. The Kier molecular flexibility index (Phi) is 4.22. The summed E-state index contributed by atoms with van der Waals surface area (Å²) in [6.45, 7) is 5.03. The van der Waals surface area contributed by atoms with Gasteiger partial charge in [0, 0.05) is 13.2 Å². The SMILES string of the molecule is CC1NC(=O)C(C)N(CCCC2CCCO2)C1=O. The average molecular weight is 254 g/mol. The number of nitrogens with one attached hydrogen (secondary N) is 1. The second-order valence-electron chi connectivity index (χ2n) is 5.22. The van der Waals surface area contributed by atoms with Gasteiger partial charge in [-0.15, -0.1) is 0 Å². The van der Waals surface area contributed by atoms with Gasteiger partial charge in [0.2, 0.25) is 11.8 Å². The maximum Gasteiger partial charge on any atom is 0.245 e. The standard InChI is InChI=1S/C13H22N2O3/c1-9-13(17)15(10(2)12(16)14-9)7-3-5-11-6-4-8-18-11/h9-11H,3-8H2,1-2H3,(H,14,16). The van der Waals surface area contributed by atoms with Crippen molar-refractivity contribution in [1.29, 1.82) is 0 Å². The van der Waals surface area contributed by atoms with Gasteiger partial charge in [0.25, 0.3) is 0 Å². The van der Waals surface area contributed by atoms with Crippen LogP contribution in [-0.2, 0) is 14.3 Å². The van der Waals surface area contributed by atoms with E-state index < -0.39 is 6.04 Å². The summed E-state index contributed by atoms with van der Waals surface area (Å²) in [6, 6.07) is -0.741. The minimum atomic E-state index is -0.392. The van der Waals surface area contributed by atoms with E-state index in [9.17, 15) is 9.59 Å². The summed E-state index contributed by atoms with van der Waals surface area (Å²) in [5.41, 5.74) is 0. The zero-order valence-electron chi connectivity index (χ0n) is 11.1. The largest absolute Gasteiger partial charge is 0.378 e. The van der Waals surface area contributed by atoms with Crippen molar-refractivity contribution in [1.82, 2.24) is 10.2 Å². The molecule has 2 aliphatic heterocycles. The number of carbonyl (C=O) groups excluding carboxylic acids is 2. The fourth-order valence-electron chi connectivity index (χ4n) is 2.64. The number of rotatable bonds is 4. The lowest BCUT2D eigenvalue weighted by atomic mass is 10.1. The highest BCUT2D eigenvalue weighted by atomic mass is 16.5. The van der Waals surface area contributed by atoms with E-state index >= 15 is 0 Å². The van der Waals surface area contributed by atoms with Gasteiger partial charge in [0.15, 0.2) is 0 Å². The fraction of sp³-hybridized carbons (Fsp3) is 0.846. The molecular formula is C13H22N2O3. The Morgan fingerprint density at radius 3 is 2.83 bits per heavy atom. The topological polar surface area (TPSA) is 58.6 Å². The van der Waals surface area contributed by atoms with Crippen LogP contribution in [0.4, 0.5) is 0 Å². The highest BCUT2D eigenvalue weighted by molar-refractivity contribution is 5.96. The first-order chi connectivity index (χ1) is 8.59. The van der Waals surface area contributed by atoms with Gasteiger partial charge >= 0.3 is 0 Å². The number of ether oxygens (including phenoxy) is 1. The van der Waals surface area contributed by atoms with Gasteiger partial charge in [0.05, 0.1) is 6.10 Å². The van der Waals surface area contributed by atoms with E-state index in [1.54, 1.807) is 18.7 Å². The van der Waals surface area contributed by atoms with E-state index in [0.29, 0.717) is 12.6 Å². The Balaban J connectivity index is 1.82. The van der Waals surface area contributed by atoms with Crippen LogP contribution in [0.5, 0.6) is 0 Å². The quantitative estimate of drug-likeness (QED) is 0.802. The van der Waals surface area contributed by atoms with Crippen molar-refractivity contribution in [2.45, 2.75) is 57.7 Å². The van der Waals surface area contributed by atoms with Gasteiger partial charge in [-0.3, -0.25) is 9.59 Å². The van der Waals surface area contributed by atoms with E-state index in [4.69, 9.17) is 4.74 Å². The Morgan fingerprint density at radius 1 is 1.39 bits per heavy atom. The molecule has 2 rings (SSSR count). The third kappa shape index (κ3) is 2.83. The van der Waals surface area contributed by atoms with Crippen LogP contribution < -0.4 is 5.32 Å². The summed E-state index contributed by atoms with van der Waals surface area (Å²) in [7, 11) is 0. The zero-order chi connectivity index (χ0) is 13.1. The van der Waals surface area contributed by atoms with Crippen molar-refractivity contribution in [2.75, 3.05) is 13.2 Å². The molecule has 0 aromatic carbocycles. The van der Waals surface area contributed by atoms with E-state index in [1.807, 2.05) is 0 Å². The molecular weight excluding hydrogens is 232 g/mol.